The molecule has 0 unspecified atom stereocenters. The maximum atomic E-state index is 12.7. The smallest absolute Gasteiger partial charge is 0.253 e. The Hall–Kier alpha value is -2.88. The summed E-state index contributed by atoms with van der Waals surface area (Å²) in [6, 6.07) is 9.97. The third-order valence-electron chi connectivity index (χ3n) is 5.39. The molecule has 0 spiro atoms. The zero-order valence-corrected chi connectivity index (χ0v) is 17.2. The lowest BCUT2D eigenvalue weighted by Crippen LogP contribution is -2.27. The number of amides is 1. The van der Waals surface area contributed by atoms with Gasteiger partial charge in [-0.1, -0.05) is 23.8 Å². The van der Waals surface area contributed by atoms with Crippen LogP contribution in [0.4, 0.5) is 5.82 Å². The van der Waals surface area contributed by atoms with Gasteiger partial charge in [-0.3, -0.25) is 4.79 Å². The lowest BCUT2D eigenvalue weighted by atomic mass is 10.0. The standard InChI is InChI=1S/C24H29N3O/c1-5-17(2)19(4)15-25-23-18(3)13-22(16-26-23)20-9-8-10-21(14-20)24(28)27-11-6-7-12-27/h5,8-10,13-16H,6-7,11-12H2,1-4H3,(H,25,26)/b17-5+,19-15+. The fourth-order valence-electron chi connectivity index (χ4n) is 3.34. The lowest BCUT2D eigenvalue weighted by molar-refractivity contribution is 0.0793. The second-order valence-electron chi connectivity index (χ2n) is 7.41. The number of benzene rings is 1. The van der Waals surface area contributed by atoms with Crippen molar-refractivity contribution in [1.82, 2.24) is 9.88 Å². The number of carbonyl (C=O) groups excluding carboxylic acids is 1. The van der Waals surface area contributed by atoms with Crippen molar-refractivity contribution in [1.29, 1.82) is 0 Å². The van der Waals surface area contributed by atoms with Crippen LogP contribution in [0.3, 0.4) is 0 Å². The second-order valence-corrected chi connectivity index (χ2v) is 7.41. The fraction of sp³-hybridized carbons (Fsp3) is 0.333. The number of aryl methyl sites for hydroxylation is 1. The minimum Gasteiger partial charge on any atom is -0.346 e. The van der Waals surface area contributed by atoms with Crippen LogP contribution in [0.1, 0.15) is 49.5 Å². The van der Waals surface area contributed by atoms with E-state index in [9.17, 15) is 4.79 Å². The topological polar surface area (TPSA) is 45.2 Å². The maximum absolute atomic E-state index is 12.7. The van der Waals surface area contributed by atoms with E-state index in [0.717, 1.165) is 54.0 Å². The van der Waals surface area contributed by atoms with Gasteiger partial charge in [-0.25, -0.2) is 4.98 Å². The molecule has 1 aromatic heterocycles. The van der Waals surface area contributed by atoms with E-state index in [2.05, 4.69) is 36.3 Å². The number of hydrogen-bond donors (Lipinski definition) is 1. The SMILES string of the molecule is C/C=C(C)/C(C)=C/Nc1ncc(-c2cccc(C(=O)N3CCCC3)c2)cc1C. The summed E-state index contributed by atoms with van der Waals surface area (Å²) in [6.45, 7) is 9.98. The summed E-state index contributed by atoms with van der Waals surface area (Å²) in [6.07, 6.45) is 8.14. The number of nitrogens with one attached hydrogen (secondary N) is 1. The highest BCUT2D eigenvalue weighted by Crippen LogP contribution is 2.25. The number of rotatable bonds is 5. The van der Waals surface area contributed by atoms with Gasteiger partial charge in [0, 0.05) is 36.6 Å². The fourth-order valence-corrected chi connectivity index (χ4v) is 3.34. The van der Waals surface area contributed by atoms with Crippen LogP contribution in [0.15, 0.2) is 60.0 Å². The third kappa shape index (κ3) is 4.50. The molecule has 4 nitrogen and oxygen atoms in total. The molecule has 1 aliphatic heterocycles. The Morgan fingerprint density at radius 1 is 1.11 bits per heavy atom. The summed E-state index contributed by atoms with van der Waals surface area (Å²) in [5, 5.41) is 3.30. The van der Waals surface area contributed by atoms with Crippen LogP contribution >= 0.6 is 0 Å². The van der Waals surface area contributed by atoms with Gasteiger partial charge in [-0.2, -0.15) is 0 Å². The first-order valence-electron chi connectivity index (χ1n) is 9.92. The Morgan fingerprint density at radius 3 is 2.54 bits per heavy atom. The highest BCUT2D eigenvalue weighted by molar-refractivity contribution is 5.95. The van der Waals surface area contributed by atoms with Crippen LogP contribution < -0.4 is 5.32 Å². The minimum absolute atomic E-state index is 0.127. The van der Waals surface area contributed by atoms with Crippen molar-refractivity contribution in [3.05, 3.63) is 71.1 Å². The van der Waals surface area contributed by atoms with Gasteiger partial charge < -0.3 is 10.2 Å². The second kappa shape index (κ2) is 8.87. The summed E-state index contributed by atoms with van der Waals surface area (Å²) in [4.78, 5) is 19.2. The number of nitrogens with zero attached hydrogens (tertiary/aromatic N) is 2. The predicted octanol–water partition coefficient (Wildman–Crippen LogP) is 5.57. The van der Waals surface area contributed by atoms with Gasteiger partial charge in [0.15, 0.2) is 0 Å². The number of aromatic nitrogens is 1. The van der Waals surface area contributed by atoms with E-state index >= 15 is 0 Å². The molecule has 0 radical (unpaired) electrons. The normalized spacial score (nSPS) is 15.1. The quantitative estimate of drug-likeness (QED) is 0.694. The molecule has 2 aromatic rings. The Kier molecular flexibility index (Phi) is 6.30. The Bertz CT molecular complexity index is 921. The number of hydrogen-bond acceptors (Lipinski definition) is 3. The van der Waals surface area contributed by atoms with Crippen molar-refractivity contribution in [3.63, 3.8) is 0 Å². The minimum atomic E-state index is 0.127. The van der Waals surface area contributed by atoms with Crippen molar-refractivity contribution < 1.29 is 4.79 Å². The van der Waals surface area contributed by atoms with Gasteiger partial charge in [0.25, 0.3) is 5.91 Å². The molecule has 0 saturated carbocycles. The molecule has 3 rings (SSSR count). The predicted molar refractivity (Wildman–Crippen MR) is 116 cm³/mol. The molecule has 1 fully saturated rings. The van der Waals surface area contributed by atoms with Crippen LogP contribution in [0.25, 0.3) is 11.1 Å². The van der Waals surface area contributed by atoms with Crippen molar-refractivity contribution in [2.24, 2.45) is 0 Å². The van der Waals surface area contributed by atoms with Gasteiger partial charge >= 0.3 is 0 Å². The zero-order valence-electron chi connectivity index (χ0n) is 17.2. The zero-order chi connectivity index (χ0) is 20.1. The van der Waals surface area contributed by atoms with Gasteiger partial charge in [0.1, 0.15) is 5.82 Å². The van der Waals surface area contributed by atoms with E-state index in [4.69, 9.17) is 0 Å². The molecule has 1 amide bonds. The van der Waals surface area contributed by atoms with Crippen molar-refractivity contribution in [2.45, 2.75) is 40.5 Å². The summed E-state index contributed by atoms with van der Waals surface area (Å²) in [7, 11) is 0. The molecule has 1 N–H and O–H groups in total. The number of pyridine rings is 1. The van der Waals surface area contributed by atoms with Gasteiger partial charge in [0.2, 0.25) is 0 Å². The molecule has 0 aliphatic carbocycles. The monoisotopic (exact) mass is 375 g/mol. The largest absolute Gasteiger partial charge is 0.346 e. The van der Waals surface area contributed by atoms with Crippen LogP contribution in [0, 0.1) is 6.92 Å². The Balaban J connectivity index is 1.80. The van der Waals surface area contributed by atoms with E-state index in [0.29, 0.717) is 0 Å². The Labute approximate surface area is 168 Å². The highest BCUT2D eigenvalue weighted by Gasteiger charge is 2.19. The number of carbonyl (C=O) groups is 1. The van der Waals surface area contributed by atoms with Gasteiger partial charge in [-0.05, 0) is 75.4 Å². The summed E-state index contributed by atoms with van der Waals surface area (Å²) in [5.74, 6) is 0.971. The molecule has 0 atom stereocenters. The van der Waals surface area contributed by atoms with Crippen molar-refractivity contribution >= 4 is 11.7 Å². The molecule has 2 heterocycles. The van der Waals surface area contributed by atoms with Crippen molar-refractivity contribution in [3.8, 4) is 11.1 Å². The van der Waals surface area contributed by atoms with E-state index in [1.54, 1.807) is 0 Å². The summed E-state index contributed by atoms with van der Waals surface area (Å²) < 4.78 is 0. The van der Waals surface area contributed by atoms with E-state index < -0.39 is 0 Å². The van der Waals surface area contributed by atoms with Crippen LogP contribution in [0.5, 0.6) is 0 Å². The number of likely N-dealkylation sites (tertiary alicyclic amines) is 1. The molecule has 1 aromatic carbocycles. The summed E-state index contributed by atoms with van der Waals surface area (Å²) in [5.41, 5.74) is 6.27. The maximum Gasteiger partial charge on any atom is 0.253 e. The third-order valence-corrected chi connectivity index (χ3v) is 5.39. The first-order chi connectivity index (χ1) is 13.5. The first-order valence-corrected chi connectivity index (χ1v) is 9.92. The highest BCUT2D eigenvalue weighted by atomic mass is 16.2. The molecule has 146 valence electrons. The van der Waals surface area contributed by atoms with Crippen LogP contribution in [-0.2, 0) is 0 Å². The van der Waals surface area contributed by atoms with Crippen LogP contribution in [-0.4, -0.2) is 28.9 Å². The summed E-state index contributed by atoms with van der Waals surface area (Å²) >= 11 is 0. The van der Waals surface area contributed by atoms with Crippen LogP contribution in [0.2, 0.25) is 0 Å². The molecular formula is C24H29N3O. The number of anilines is 1. The lowest BCUT2D eigenvalue weighted by Gasteiger charge is -2.16. The van der Waals surface area contributed by atoms with Gasteiger partial charge in [-0.15, -0.1) is 0 Å². The van der Waals surface area contributed by atoms with Crippen molar-refractivity contribution in [2.75, 3.05) is 18.4 Å². The molecule has 28 heavy (non-hydrogen) atoms. The van der Waals surface area contributed by atoms with E-state index in [1.807, 2.05) is 55.4 Å². The Morgan fingerprint density at radius 2 is 1.86 bits per heavy atom. The molecule has 4 heteroatoms. The first kappa shape index (κ1) is 19.9. The van der Waals surface area contributed by atoms with E-state index in [-0.39, 0.29) is 5.91 Å². The average molecular weight is 376 g/mol. The number of allylic oxidation sites excluding steroid dienone is 3. The van der Waals surface area contributed by atoms with Gasteiger partial charge in [0.05, 0.1) is 0 Å². The molecule has 0 bridgehead atoms. The molecule has 1 saturated heterocycles. The molecular weight excluding hydrogens is 346 g/mol. The van der Waals surface area contributed by atoms with E-state index in [1.165, 1.54) is 11.1 Å². The molecule has 1 aliphatic rings. The average Bonchev–Trinajstić information content (AvgIpc) is 3.26.